The molecule has 120 valence electrons. The molecule has 2 nitrogen and oxygen atoms in total. The minimum absolute atomic E-state index is 0.891. The van der Waals surface area contributed by atoms with Crippen LogP contribution in [-0.4, -0.2) is 37.6 Å². The Morgan fingerprint density at radius 2 is 1.91 bits per heavy atom. The van der Waals surface area contributed by atoms with Gasteiger partial charge in [0.2, 0.25) is 0 Å². The number of allylic oxidation sites excluding steroid dienone is 1. The minimum atomic E-state index is 0.891. The Balaban J connectivity index is 1.42. The van der Waals surface area contributed by atoms with Crippen LogP contribution in [0.25, 0.3) is 0 Å². The largest absolute Gasteiger partial charge is 0.371 e. The topological polar surface area (TPSA) is 6.48 Å². The highest BCUT2D eigenvalue weighted by Gasteiger charge is 2.19. The highest BCUT2D eigenvalue weighted by molar-refractivity contribution is 5.55. The first kappa shape index (κ1) is 15.6. The third-order valence-corrected chi connectivity index (χ3v) is 5.32. The van der Waals surface area contributed by atoms with Gasteiger partial charge in [-0.05, 0) is 75.7 Å². The number of hydrogen-bond donors (Lipinski definition) is 0. The summed E-state index contributed by atoms with van der Waals surface area (Å²) in [6, 6.07) is 8.96. The molecule has 22 heavy (non-hydrogen) atoms. The van der Waals surface area contributed by atoms with Gasteiger partial charge in [0, 0.05) is 18.8 Å². The summed E-state index contributed by atoms with van der Waals surface area (Å²) in [5, 5.41) is 0. The number of aryl methyl sites for hydroxylation is 1. The lowest BCUT2D eigenvalue weighted by Gasteiger charge is -2.34. The molecule has 2 heterocycles. The zero-order valence-corrected chi connectivity index (χ0v) is 13.8. The van der Waals surface area contributed by atoms with Gasteiger partial charge in [0.05, 0.1) is 0 Å². The van der Waals surface area contributed by atoms with E-state index < -0.39 is 0 Å². The van der Waals surface area contributed by atoms with Crippen LogP contribution >= 0.6 is 0 Å². The van der Waals surface area contributed by atoms with Crippen molar-refractivity contribution in [2.75, 3.05) is 37.6 Å². The summed E-state index contributed by atoms with van der Waals surface area (Å²) in [6.07, 6.45) is 9.87. The average molecular weight is 298 g/mol. The van der Waals surface area contributed by atoms with Crippen LogP contribution in [0.5, 0.6) is 0 Å². The fourth-order valence-electron chi connectivity index (χ4n) is 4.01. The molecule has 0 spiro atoms. The quantitative estimate of drug-likeness (QED) is 0.729. The molecule has 1 aromatic rings. The summed E-state index contributed by atoms with van der Waals surface area (Å²) < 4.78 is 0. The lowest BCUT2D eigenvalue weighted by Crippen LogP contribution is -2.37. The SMILES string of the molecule is C=CCC1CCN(CCCN2CCCc3ccccc32)CC1. The van der Waals surface area contributed by atoms with E-state index in [0.29, 0.717) is 0 Å². The lowest BCUT2D eigenvalue weighted by atomic mass is 9.93. The standard InChI is InChI=1S/C20H30N2/c1-2-7-18-11-16-21(17-12-18)13-6-15-22-14-5-9-19-8-3-4-10-20(19)22/h2-4,8,10,18H,1,5-7,9,11-17H2. The molecule has 1 fully saturated rings. The molecule has 0 atom stereocenters. The normalized spacial score (nSPS) is 19.9. The van der Waals surface area contributed by atoms with Crippen molar-refractivity contribution in [2.24, 2.45) is 5.92 Å². The molecule has 0 aromatic heterocycles. The minimum Gasteiger partial charge on any atom is -0.371 e. The molecule has 1 aromatic carbocycles. The number of rotatable bonds is 6. The molecule has 3 rings (SSSR count). The van der Waals surface area contributed by atoms with Gasteiger partial charge in [-0.2, -0.15) is 0 Å². The van der Waals surface area contributed by atoms with Gasteiger partial charge in [-0.1, -0.05) is 24.3 Å². The molecular formula is C20H30N2. The van der Waals surface area contributed by atoms with E-state index in [2.05, 4.69) is 46.7 Å². The maximum absolute atomic E-state index is 3.87. The molecule has 2 aliphatic rings. The van der Waals surface area contributed by atoms with Crippen molar-refractivity contribution >= 4 is 5.69 Å². The Labute approximate surface area is 135 Å². The van der Waals surface area contributed by atoms with Gasteiger partial charge in [-0.3, -0.25) is 0 Å². The Kier molecular flexibility index (Phi) is 5.55. The molecule has 2 aliphatic heterocycles. The maximum Gasteiger partial charge on any atom is 0.0398 e. The molecule has 1 saturated heterocycles. The molecule has 0 unspecified atom stereocenters. The van der Waals surface area contributed by atoms with Crippen LogP contribution in [0.3, 0.4) is 0 Å². The third-order valence-electron chi connectivity index (χ3n) is 5.32. The summed E-state index contributed by atoms with van der Waals surface area (Å²) in [5.74, 6) is 0.891. The molecule has 0 amide bonds. The molecule has 0 aliphatic carbocycles. The first-order chi connectivity index (χ1) is 10.9. The Bertz CT molecular complexity index is 474. The first-order valence-corrected chi connectivity index (χ1v) is 9.03. The van der Waals surface area contributed by atoms with Crippen molar-refractivity contribution in [3.05, 3.63) is 42.5 Å². The summed E-state index contributed by atoms with van der Waals surface area (Å²) in [6.45, 7) is 10.2. The Morgan fingerprint density at radius 3 is 2.73 bits per heavy atom. The highest BCUT2D eigenvalue weighted by atomic mass is 15.2. The summed E-state index contributed by atoms with van der Waals surface area (Å²) >= 11 is 0. The number of hydrogen-bond acceptors (Lipinski definition) is 2. The number of anilines is 1. The fourth-order valence-corrected chi connectivity index (χ4v) is 4.01. The van der Waals surface area contributed by atoms with Crippen LogP contribution in [0.15, 0.2) is 36.9 Å². The van der Waals surface area contributed by atoms with Gasteiger partial charge >= 0.3 is 0 Å². The summed E-state index contributed by atoms with van der Waals surface area (Å²) in [5.41, 5.74) is 3.03. The van der Waals surface area contributed by atoms with E-state index in [9.17, 15) is 0 Å². The van der Waals surface area contributed by atoms with Gasteiger partial charge in [0.1, 0.15) is 0 Å². The van der Waals surface area contributed by atoms with Crippen LogP contribution < -0.4 is 4.90 Å². The average Bonchev–Trinajstić information content (AvgIpc) is 2.57. The molecule has 0 saturated carbocycles. The van der Waals surface area contributed by atoms with Crippen molar-refractivity contribution < 1.29 is 0 Å². The lowest BCUT2D eigenvalue weighted by molar-refractivity contribution is 0.184. The predicted octanol–water partition coefficient (Wildman–Crippen LogP) is 4.12. The van der Waals surface area contributed by atoms with Gasteiger partial charge in [0.15, 0.2) is 0 Å². The number of piperidine rings is 1. The van der Waals surface area contributed by atoms with Crippen LogP contribution in [0, 0.1) is 5.92 Å². The number of fused-ring (bicyclic) bond motifs is 1. The maximum atomic E-state index is 3.87. The second-order valence-corrected chi connectivity index (χ2v) is 6.88. The molecule has 0 bridgehead atoms. The van der Waals surface area contributed by atoms with Crippen molar-refractivity contribution in [1.82, 2.24) is 4.90 Å². The van der Waals surface area contributed by atoms with Crippen LogP contribution in [0.2, 0.25) is 0 Å². The zero-order chi connectivity index (χ0) is 15.2. The zero-order valence-electron chi connectivity index (χ0n) is 13.8. The monoisotopic (exact) mass is 298 g/mol. The van der Waals surface area contributed by atoms with Crippen LogP contribution in [-0.2, 0) is 6.42 Å². The van der Waals surface area contributed by atoms with Crippen molar-refractivity contribution in [2.45, 2.75) is 38.5 Å². The molecular weight excluding hydrogens is 268 g/mol. The number of nitrogens with zero attached hydrogens (tertiary/aromatic N) is 2. The van der Waals surface area contributed by atoms with Gasteiger partial charge in [-0.15, -0.1) is 6.58 Å². The van der Waals surface area contributed by atoms with Crippen molar-refractivity contribution in [1.29, 1.82) is 0 Å². The van der Waals surface area contributed by atoms with Gasteiger partial charge < -0.3 is 9.80 Å². The number of para-hydroxylation sites is 1. The third kappa shape index (κ3) is 3.92. The Hall–Kier alpha value is -1.28. The molecule has 0 N–H and O–H groups in total. The van der Waals surface area contributed by atoms with Crippen molar-refractivity contribution in [3.8, 4) is 0 Å². The second-order valence-electron chi connectivity index (χ2n) is 6.88. The van der Waals surface area contributed by atoms with E-state index in [1.807, 2.05) is 0 Å². The smallest absolute Gasteiger partial charge is 0.0398 e. The van der Waals surface area contributed by atoms with Crippen LogP contribution in [0.1, 0.15) is 37.7 Å². The predicted molar refractivity (Wildman–Crippen MR) is 95.6 cm³/mol. The Morgan fingerprint density at radius 1 is 1.09 bits per heavy atom. The van der Waals surface area contributed by atoms with Gasteiger partial charge in [-0.25, -0.2) is 0 Å². The molecule has 0 radical (unpaired) electrons. The fraction of sp³-hybridized carbons (Fsp3) is 0.600. The van der Waals surface area contributed by atoms with E-state index in [1.54, 1.807) is 5.56 Å². The summed E-state index contributed by atoms with van der Waals surface area (Å²) in [4.78, 5) is 5.26. The van der Waals surface area contributed by atoms with Crippen molar-refractivity contribution in [3.63, 3.8) is 0 Å². The van der Waals surface area contributed by atoms with Crippen LogP contribution in [0.4, 0.5) is 5.69 Å². The molecule has 2 heteroatoms. The van der Waals surface area contributed by atoms with E-state index >= 15 is 0 Å². The van der Waals surface area contributed by atoms with E-state index in [-0.39, 0.29) is 0 Å². The van der Waals surface area contributed by atoms with E-state index in [4.69, 9.17) is 0 Å². The number of likely N-dealkylation sites (tertiary alicyclic amines) is 1. The summed E-state index contributed by atoms with van der Waals surface area (Å²) in [7, 11) is 0. The van der Waals surface area contributed by atoms with E-state index in [0.717, 1.165) is 5.92 Å². The second kappa shape index (κ2) is 7.82. The number of benzene rings is 1. The van der Waals surface area contributed by atoms with Gasteiger partial charge in [0.25, 0.3) is 0 Å². The van der Waals surface area contributed by atoms with E-state index in [1.165, 1.54) is 76.9 Å². The highest BCUT2D eigenvalue weighted by Crippen LogP contribution is 2.27. The first-order valence-electron chi connectivity index (χ1n) is 9.03.